The van der Waals surface area contributed by atoms with Crippen LogP contribution in [0, 0.1) is 5.41 Å². The van der Waals surface area contributed by atoms with Gasteiger partial charge in [-0.3, -0.25) is 4.79 Å². The lowest BCUT2D eigenvalue weighted by molar-refractivity contribution is -0.138. The van der Waals surface area contributed by atoms with Gasteiger partial charge in [-0.15, -0.1) is 0 Å². The summed E-state index contributed by atoms with van der Waals surface area (Å²) in [6, 6.07) is 0. The van der Waals surface area contributed by atoms with Crippen molar-refractivity contribution in [3.05, 3.63) is 12.2 Å². The Morgan fingerprint density at radius 2 is 2.31 bits per heavy atom. The van der Waals surface area contributed by atoms with E-state index in [1.807, 2.05) is 24.8 Å². The minimum Gasteiger partial charge on any atom is -0.481 e. The molecule has 1 fully saturated rings. The Morgan fingerprint density at radius 1 is 1.62 bits per heavy atom. The zero-order valence-electron chi connectivity index (χ0n) is 7.95. The zero-order chi connectivity index (χ0) is 9.73. The summed E-state index contributed by atoms with van der Waals surface area (Å²) in [4.78, 5) is 10.5. The number of thioether (sulfide) groups is 1. The van der Waals surface area contributed by atoms with Crippen LogP contribution in [0.2, 0.25) is 0 Å². The summed E-state index contributed by atoms with van der Waals surface area (Å²) in [6.45, 7) is 2.00. The van der Waals surface area contributed by atoms with Crippen molar-refractivity contribution in [3.8, 4) is 0 Å². The van der Waals surface area contributed by atoms with Gasteiger partial charge in [-0.25, -0.2) is 0 Å². The number of carboxylic acid groups (broad SMARTS) is 1. The molecule has 0 saturated heterocycles. The smallest absolute Gasteiger partial charge is 0.303 e. The molecule has 13 heavy (non-hydrogen) atoms. The van der Waals surface area contributed by atoms with Crippen LogP contribution in [0.15, 0.2) is 12.2 Å². The SMILES string of the molecule is CC=CCSCC1(CC(=O)O)CC1. The Kier molecular flexibility index (Phi) is 3.85. The van der Waals surface area contributed by atoms with Crippen molar-refractivity contribution in [1.29, 1.82) is 0 Å². The molecule has 0 aromatic heterocycles. The van der Waals surface area contributed by atoms with Gasteiger partial charge in [-0.2, -0.15) is 11.8 Å². The molecule has 0 bridgehead atoms. The second-order valence-corrected chi connectivity index (χ2v) is 4.68. The second-order valence-electron chi connectivity index (χ2n) is 3.65. The van der Waals surface area contributed by atoms with E-state index in [1.54, 1.807) is 0 Å². The quantitative estimate of drug-likeness (QED) is 0.529. The van der Waals surface area contributed by atoms with E-state index in [0.717, 1.165) is 24.3 Å². The Labute approximate surface area is 83.4 Å². The molecule has 74 valence electrons. The van der Waals surface area contributed by atoms with Crippen molar-refractivity contribution in [1.82, 2.24) is 0 Å². The first kappa shape index (κ1) is 10.6. The molecule has 0 amide bonds. The van der Waals surface area contributed by atoms with E-state index in [0.29, 0.717) is 6.42 Å². The number of aliphatic carboxylic acids is 1. The highest BCUT2D eigenvalue weighted by atomic mass is 32.2. The van der Waals surface area contributed by atoms with Gasteiger partial charge < -0.3 is 5.11 Å². The highest BCUT2D eigenvalue weighted by molar-refractivity contribution is 7.99. The molecule has 0 spiro atoms. The minimum absolute atomic E-state index is 0.151. The third kappa shape index (κ3) is 3.85. The van der Waals surface area contributed by atoms with Crippen LogP contribution in [-0.2, 0) is 4.79 Å². The summed E-state index contributed by atoms with van der Waals surface area (Å²) in [5, 5.41) is 8.67. The van der Waals surface area contributed by atoms with Crippen LogP contribution in [0.5, 0.6) is 0 Å². The monoisotopic (exact) mass is 200 g/mol. The first-order valence-electron chi connectivity index (χ1n) is 4.59. The maximum absolute atomic E-state index is 10.5. The maximum Gasteiger partial charge on any atom is 0.303 e. The maximum atomic E-state index is 10.5. The first-order chi connectivity index (χ1) is 6.18. The number of allylic oxidation sites excluding steroid dienone is 1. The third-order valence-electron chi connectivity index (χ3n) is 2.34. The van der Waals surface area contributed by atoms with E-state index >= 15 is 0 Å². The summed E-state index contributed by atoms with van der Waals surface area (Å²) in [5.41, 5.74) is 0.151. The Hall–Kier alpha value is -0.440. The van der Waals surface area contributed by atoms with E-state index in [9.17, 15) is 4.79 Å². The summed E-state index contributed by atoms with van der Waals surface area (Å²) < 4.78 is 0. The molecular formula is C10H16O2S. The van der Waals surface area contributed by atoms with Gasteiger partial charge in [0, 0.05) is 5.75 Å². The predicted molar refractivity (Wildman–Crippen MR) is 56.1 cm³/mol. The van der Waals surface area contributed by atoms with Crippen LogP contribution in [-0.4, -0.2) is 22.6 Å². The number of hydrogen-bond donors (Lipinski definition) is 1. The standard InChI is InChI=1S/C10H16O2S/c1-2-3-6-13-8-10(4-5-10)7-9(11)12/h2-3H,4-8H2,1H3,(H,11,12). The summed E-state index contributed by atoms with van der Waals surface area (Å²) >= 11 is 1.84. The largest absolute Gasteiger partial charge is 0.481 e. The summed E-state index contributed by atoms with van der Waals surface area (Å²) in [5.74, 6) is 1.37. The third-order valence-corrected chi connectivity index (χ3v) is 3.59. The van der Waals surface area contributed by atoms with Crippen LogP contribution in [0.25, 0.3) is 0 Å². The van der Waals surface area contributed by atoms with Gasteiger partial charge in [-0.05, 0) is 30.9 Å². The molecule has 0 heterocycles. The molecule has 3 heteroatoms. The molecule has 1 aliphatic rings. The van der Waals surface area contributed by atoms with Crippen LogP contribution in [0.1, 0.15) is 26.2 Å². The lowest BCUT2D eigenvalue weighted by Gasteiger charge is -2.10. The van der Waals surface area contributed by atoms with Gasteiger partial charge in [0.1, 0.15) is 0 Å². The van der Waals surface area contributed by atoms with Gasteiger partial charge in [0.2, 0.25) is 0 Å². The van der Waals surface area contributed by atoms with Crippen LogP contribution < -0.4 is 0 Å². The average Bonchev–Trinajstić information content (AvgIpc) is 2.78. The van der Waals surface area contributed by atoms with Crippen molar-refractivity contribution < 1.29 is 9.90 Å². The molecular weight excluding hydrogens is 184 g/mol. The fourth-order valence-corrected chi connectivity index (χ4v) is 2.58. The van der Waals surface area contributed by atoms with Crippen LogP contribution in [0.4, 0.5) is 0 Å². The first-order valence-corrected chi connectivity index (χ1v) is 5.75. The van der Waals surface area contributed by atoms with E-state index in [4.69, 9.17) is 5.11 Å². The Morgan fingerprint density at radius 3 is 2.77 bits per heavy atom. The second kappa shape index (κ2) is 4.70. The Bertz CT molecular complexity index is 207. The molecule has 0 aromatic rings. The number of hydrogen-bond acceptors (Lipinski definition) is 2. The molecule has 0 aromatic carbocycles. The lowest BCUT2D eigenvalue weighted by Crippen LogP contribution is -2.11. The van der Waals surface area contributed by atoms with Crippen LogP contribution in [0.3, 0.4) is 0 Å². The van der Waals surface area contributed by atoms with E-state index in [2.05, 4.69) is 6.08 Å². The van der Waals surface area contributed by atoms with Gasteiger partial charge in [0.05, 0.1) is 6.42 Å². The minimum atomic E-state index is -0.649. The normalized spacial score (nSPS) is 19.2. The molecule has 1 saturated carbocycles. The number of carboxylic acids is 1. The fourth-order valence-electron chi connectivity index (χ4n) is 1.31. The van der Waals surface area contributed by atoms with Gasteiger partial charge in [-0.1, -0.05) is 12.2 Å². The summed E-state index contributed by atoms with van der Waals surface area (Å²) in [6.07, 6.45) is 6.70. The van der Waals surface area contributed by atoms with Crippen molar-refractivity contribution >= 4 is 17.7 Å². The van der Waals surface area contributed by atoms with Crippen molar-refractivity contribution in [2.24, 2.45) is 5.41 Å². The lowest BCUT2D eigenvalue weighted by atomic mass is 10.1. The van der Waals surface area contributed by atoms with E-state index in [1.165, 1.54) is 0 Å². The summed E-state index contributed by atoms with van der Waals surface area (Å²) in [7, 11) is 0. The average molecular weight is 200 g/mol. The topological polar surface area (TPSA) is 37.3 Å². The molecule has 1 N–H and O–H groups in total. The number of carbonyl (C=O) groups is 1. The Balaban J connectivity index is 2.16. The van der Waals surface area contributed by atoms with Crippen LogP contribution >= 0.6 is 11.8 Å². The van der Waals surface area contributed by atoms with Crippen molar-refractivity contribution in [2.75, 3.05) is 11.5 Å². The molecule has 0 atom stereocenters. The van der Waals surface area contributed by atoms with Crippen molar-refractivity contribution in [3.63, 3.8) is 0 Å². The zero-order valence-corrected chi connectivity index (χ0v) is 8.77. The van der Waals surface area contributed by atoms with Gasteiger partial charge >= 0.3 is 5.97 Å². The van der Waals surface area contributed by atoms with Crippen molar-refractivity contribution in [2.45, 2.75) is 26.2 Å². The molecule has 0 radical (unpaired) electrons. The molecule has 1 aliphatic carbocycles. The highest BCUT2D eigenvalue weighted by Crippen LogP contribution is 2.50. The molecule has 1 rings (SSSR count). The van der Waals surface area contributed by atoms with Gasteiger partial charge in [0.25, 0.3) is 0 Å². The number of rotatable bonds is 6. The van der Waals surface area contributed by atoms with E-state index < -0.39 is 5.97 Å². The molecule has 0 aliphatic heterocycles. The predicted octanol–water partition coefficient (Wildman–Crippen LogP) is 2.55. The fraction of sp³-hybridized carbons (Fsp3) is 0.700. The van der Waals surface area contributed by atoms with Gasteiger partial charge in [0.15, 0.2) is 0 Å². The highest BCUT2D eigenvalue weighted by Gasteiger charge is 2.43. The molecule has 0 unspecified atom stereocenters. The van der Waals surface area contributed by atoms with E-state index in [-0.39, 0.29) is 5.41 Å². The molecule has 2 nitrogen and oxygen atoms in total.